The van der Waals surface area contributed by atoms with Crippen molar-refractivity contribution in [3.63, 3.8) is 0 Å². The lowest BCUT2D eigenvalue weighted by Gasteiger charge is -2.68. The Labute approximate surface area is 196 Å². The Kier molecular flexibility index (Phi) is 5.17. The second-order valence-corrected chi connectivity index (χ2v) is 14.6. The molecule has 3 heteroatoms. The van der Waals surface area contributed by atoms with Gasteiger partial charge in [-0.2, -0.15) is 0 Å². The van der Waals surface area contributed by atoms with Crippen molar-refractivity contribution in [1.29, 1.82) is 0 Å². The highest BCUT2D eigenvalue weighted by Gasteiger charge is 2.65. The Morgan fingerprint density at radius 1 is 0.750 bits per heavy atom. The average Bonchev–Trinajstić information content (AvgIpc) is 2.71. The molecular formula is C29H48O3. The SMILES string of the molecule is CC1(C)CC2C3=CCC4[C@@](C)(CCC5[C@]4(C)CC[C@H](O)[C@]5(C)CO)C3CC[C@@]2(C)[C@H](O)C1. The van der Waals surface area contributed by atoms with Crippen LogP contribution in [0.4, 0.5) is 0 Å². The molecule has 182 valence electrons. The van der Waals surface area contributed by atoms with Crippen LogP contribution >= 0.6 is 0 Å². The van der Waals surface area contributed by atoms with E-state index in [1.165, 1.54) is 19.3 Å². The number of hydrogen-bond acceptors (Lipinski definition) is 3. The highest BCUT2D eigenvalue weighted by Crippen LogP contribution is 2.71. The minimum absolute atomic E-state index is 0.0343. The molecule has 3 nitrogen and oxygen atoms in total. The molecule has 0 aromatic rings. The molecule has 0 aromatic heterocycles. The van der Waals surface area contributed by atoms with E-state index >= 15 is 0 Å². The lowest BCUT2D eigenvalue weighted by molar-refractivity contribution is -0.203. The van der Waals surface area contributed by atoms with Gasteiger partial charge in [-0.15, -0.1) is 0 Å². The third-order valence-electron chi connectivity index (χ3n) is 12.4. The number of aliphatic hydroxyl groups is 3. The lowest BCUT2D eigenvalue weighted by Crippen LogP contribution is -2.63. The molecule has 4 saturated carbocycles. The summed E-state index contributed by atoms with van der Waals surface area (Å²) in [5.41, 5.74) is 2.02. The fraction of sp³-hybridized carbons (Fsp3) is 0.931. The molecule has 0 aromatic carbocycles. The van der Waals surface area contributed by atoms with E-state index in [1.54, 1.807) is 5.57 Å². The predicted octanol–water partition coefficient (Wildman–Crippen LogP) is 5.72. The molecule has 0 saturated heterocycles. The number of aliphatic hydroxyl groups excluding tert-OH is 3. The van der Waals surface area contributed by atoms with Gasteiger partial charge in [-0.25, -0.2) is 0 Å². The first-order valence-corrected chi connectivity index (χ1v) is 13.5. The number of rotatable bonds is 1. The number of hydrogen-bond donors (Lipinski definition) is 3. The van der Waals surface area contributed by atoms with Gasteiger partial charge < -0.3 is 15.3 Å². The van der Waals surface area contributed by atoms with Crippen LogP contribution in [0.2, 0.25) is 0 Å². The third kappa shape index (κ3) is 2.89. The van der Waals surface area contributed by atoms with Crippen LogP contribution in [0.25, 0.3) is 0 Å². The fourth-order valence-corrected chi connectivity index (χ4v) is 10.4. The van der Waals surface area contributed by atoms with E-state index in [2.05, 4.69) is 47.6 Å². The first-order chi connectivity index (χ1) is 14.8. The monoisotopic (exact) mass is 444 g/mol. The van der Waals surface area contributed by atoms with Gasteiger partial charge in [0.05, 0.1) is 18.8 Å². The van der Waals surface area contributed by atoms with Gasteiger partial charge in [0.1, 0.15) is 0 Å². The number of fused-ring (bicyclic) bond motifs is 7. The summed E-state index contributed by atoms with van der Waals surface area (Å²) < 4.78 is 0. The van der Waals surface area contributed by atoms with Gasteiger partial charge in [-0.1, -0.05) is 53.2 Å². The summed E-state index contributed by atoms with van der Waals surface area (Å²) >= 11 is 0. The van der Waals surface area contributed by atoms with E-state index in [1.807, 2.05) is 0 Å². The molecule has 0 amide bonds. The summed E-state index contributed by atoms with van der Waals surface area (Å²) in [5.74, 6) is 2.15. The van der Waals surface area contributed by atoms with Crippen molar-refractivity contribution < 1.29 is 15.3 Å². The third-order valence-corrected chi connectivity index (χ3v) is 12.4. The molecule has 5 rings (SSSR count). The van der Waals surface area contributed by atoms with Crippen LogP contribution in [0.3, 0.4) is 0 Å². The van der Waals surface area contributed by atoms with Crippen LogP contribution < -0.4 is 0 Å². The number of allylic oxidation sites excluding steroid dienone is 2. The molecule has 4 unspecified atom stereocenters. The standard InChI is InChI=1S/C29H48O3/c1-25(2)15-20-18-7-8-21-26(3,19(18)9-12-27(20,4)24(32)16-25)13-10-22-28(21,5)14-11-23(31)29(22,6)17-30/h7,19-24,30-32H,8-17H2,1-6H3/t19?,20?,21?,22?,23-,24+,26-,27+,28+,29+/m0/s1. The minimum Gasteiger partial charge on any atom is -0.396 e. The van der Waals surface area contributed by atoms with Crippen molar-refractivity contribution in [3.05, 3.63) is 11.6 Å². The van der Waals surface area contributed by atoms with Crippen LogP contribution in [0, 0.1) is 50.7 Å². The summed E-state index contributed by atoms with van der Waals surface area (Å²) in [7, 11) is 0. The minimum atomic E-state index is -0.383. The van der Waals surface area contributed by atoms with Crippen molar-refractivity contribution in [1.82, 2.24) is 0 Å². The van der Waals surface area contributed by atoms with E-state index in [-0.39, 0.29) is 40.5 Å². The van der Waals surface area contributed by atoms with Crippen molar-refractivity contribution in [2.45, 2.75) is 112 Å². The Morgan fingerprint density at radius 3 is 2.09 bits per heavy atom. The maximum Gasteiger partial charge on any atom is 0.0618 e. The molecule has 0 heterocycles. The Balaban J connectivity index is 1.53. The van der Waals surface area contributed by atoms with Gasteiger partial charge in [0.2, 0.25) is 0 Å². The summed E-state index contributed by atoms with van der Waals surface area (Å²) in [6.45, 7) is 14.4. The van der Waals surface area contributed by atoms with Gasteiger partial charge in [0.25, 0.3) is 0 Å². The summed E-state index contributed by atoms with van der Waals surface area (Å²) in [5, 5.41) is 32.4. The highest BCUT2D eigenvalue weighted by atomic mass is 16.3. The molecule has 0 bridgehead atoms. The van der Waals surface area contributed by atoms with Gasteiger partial charge in [-0.05, 0) is 97.7 Å². The topological polar surface area (TPSA) is 60.7 Å². The molecule has 4 fully saturated rings. The maximum absolute atomic E-state index is 11.2. The highest BCUT2D eigenvalue weighted by molar-refractivity contribution is 5.29. The molecule has 0 spiro atoms. The molecule has 0 aliphatic heterocycles. The average molecular weight is 445 g/mol. The molecule has 10 atom stereocenters. The van der Waals surface area contributed by atoms with Crippen molar-refractivity contribution in [3.8, 4) is 0 Å². The van der Waals surface area contributed by atoms with Crippen LogP contribution in [0.15, 0.2) is 11.6 Å². The fourth-order valence-electron chi connectivity index (χ4n) is 10.4. The normalized spacial score (nSPS) is 56.8. The summed E-state index contributed by atoms with van der Waals surface area (Å²) in [6.07, 6.45) is 11.9. The second kappa shape index (κ2) is 7.08. The van der Waals surface area contributed by atoms with Crippen LogP contribution in [-0.4, -0.2) is 34.1 Å². The van der Waals surface area contributed by atoms with Crippen molar-refractivity contribution >= 4 is 0 Å². The molecule has 5 aliphatic rings. The Morgan fingerprint density at radius 2 is 1.41 bits per heavy atom. The van der Waals surface area contributed by atoms with E-state index in [0.29, 0.717) is 29.1 Å². The van der Waals surface area contributed by atoms with Gasteiger partial charge in [-0.3, -0.25) is 0 Å². The molecule has 3 N–H and O–H groups in total. The van der Waals surface area contributed by atoms with Crippen LogP contribution in [0.1, 0.15) is 99.3 Å². The second-order valence-electron chi connectivity index (χ2n) is 14.6. The first kappa shape index (κ1) is 23.4. The summed E-state index contributed by atoms with van der Waals surface area (Å²) in [6, 6.07) is 0. The van der Waals surface area contributed by atoms with Crippen LogP contribution in [-0.2, 0) is 0 Å². The molecule has 5 aliphatic carbocycles. The van der Waals surface area contributed by atoms with E-state index < -0.39 is 0 Å². The maximum atomic E-state index is 11.2. The summed E-state index contributed by atoms with van der Waals surface area (Å²) in [4.78, 5) is 0. The Hall–Kier alpha value is -0.380. The molecule has 32 heavy (non-hydrogen) atoms. The first-order valence-electron chi connectivity index (χ1n) is 13.5. The smallest absolute Gasteiger partial charge is 0.0618 e. The van der Waals surface area contributed by atoms with E-state index in [0.717, 1.165) is 38.5 Å². The lowest BCUT2D eigenvalue weighted by atomic mass is 9.37. The van der Waals surface area contributed by atoms with Crippen molar-refractivity contribution in [2.75, 3.05) is 6.61 Å². The van der Waals surface area contributed by atoms with E-state index in [4.69, 9.17) is 0 Å². The zero-order valence-electron chi connectivity index (χ0n) is 21.5. The zero-order chi connectivity index (χ0) is 23.3. The zero-order valence-corrected chi connectivity index (χ0v) is 21.5. The van der Waals surface area contributed by atoms with E-state index in [9.17, 15) is 15.3 Å². The van der Waals surface area contributed by atoms with Crippen LogP contribution in [0.5, 0.6) is 0 Å². The predicted molar refractivity (Wildman–Crippen MR) is 129 cm³/mol. The Bertz CT molecular complexity index is 802. The van der Waals surface area contributed by atoms with Gasteiger partial charge >= 0.3 is 0 Å². The largest absolute Gasteiger partial charge is 0.396 e. The molecular weight excluding hydrogens is 396 g/mol. The molecule has 0 radical (unpaired) electrons. The quantitative estimate of drug-likeness (QED) is 0.453. The van der Waals surface area contributed by atoms with Crippen molar-refractivity contribution in [2.24, 2.45) is 50.7 Å². The van der Waals surface area contributed by atoms with Gasteiger partial charge in [0, 0.05) is 10.8 Å². The van der Waals surface area contributed by atoms with Gasteiger partial charge in [0.15, 0.2) is 0 Å².